The van der Waals surface area contributed by atoms with E-state index in [2.05, 4.69) is 0 Å². The molecule has 0 aromatic heterocycles. The Morgan fingerprint density at radius 3 is 1.50 bits per heavy atom. The van der Waals surface area contributed by atoms with Crippen LogP contribution in [0.3, 0.4) is 0 Å². The fourth-order valence-corrected chi connectivity index (χ4v) is 5.92. The number of rotatable bonds is 3. The van der Waals surface area contributed by atoms with Gasteiger partial charge in [0, 0.05) is 0 Å². The van der Waals surface area contributed by atoms with Gasteiger partial charge in [0.15, 0.2) is 0 Å². The first-order chi connectivity index (χ1) is 7.77. The van der Waals surface area contributed by atoms with Crippen molar-refractivity contribution in [3.05, 3.63) is 60.7 Å². The molecule has 2 aromatic carbocycles. The van der Waals surface area contributed by atoms with Gasteiger partial charge in [-0.1, -0.05) is 60.7 Å². The molecule has 82 valence electrons. The lowest BCUT2D eigenvalue weighted by Gasteiger charge is -2.23. The van der Waals surface area contributed by atoms with Gasteiger partial charge in [0.05, 0.1) is 0 Å². The lowest BCUT2D eigenvalue weighted by atomic mass is 10.4. The summed E-state index contributed by atoms with van der Waals surface area (Å²) in [7, 11) is -1.80. The summed E-state index contributed by atoms with van der Waals surface area (Å²) in [4.78, 5) is 0. The molecule has 0 atom stereocenters. The number of halogens is 1. The molecule has 0 amide bonds. The third kappa shape index (κ3) is 2.13. The van der Waals surface area contributed by atoms with Crippen molar-refractivity contribution in [3.63, 3.8) is 0 Å². The van der Waals surface area contributed by atoms with Crippen molar-refractivity contribution in [1.29, 1.82) is 0 Å². The number of hydrogen-bond acceptors (Lipinski definition) is 1. The topological polar surface area (TPSA) is 9.23 Å². The van der Waals surface area contributed by atoms with Crippen LogP contribution in [0.15, 0.2) is 60.7 Å². The first kappa shape index (κ1) is 11.6. The largest absolute Gasteiger partial charge is 0.447 e. The summed E-state index contributed by atoms with van der Waals surface area (Å²) in [6.45, 7) is 0. The van der Waals surface area contributed by atoms with Crippen molar-refractivity contribution in [2.45, 2.75) is 0 Å². The highest BCUT2D eigenvalue weighted by molar-refractivity contribution is 7.31. The Morgan fingerprint density at radius 1 is 0.812 bits per heavy atom. The summed E-state index contributed by atoms with van der Waals surface area (Å²) in [5.41, 5.74) is 0. The molecule has 0 aliphatic rings. The zero-order valence-corrected chi connectivity index (χ0v) is 12.8. The Balaban J connectivity index is 2.49. The predicted molar refractivity (Wildman–Crippen MR) is 74.8 cm³/mol. The van der Waals surface area contributed by atoms with Crippen molar-refractivity contribution in [1.82, 2.24) is 0 Å². The normalized spacial score (nSPS) is 11.6. The molecule has 2 rings (SSSR count). The highest BCUT2D eigenvalue weighted by Crippen LogP contribution is 2.10. The maximum atomic E-state index is 6.73. The van der Waals surface area contributed by atoms with Crippen molar-refractivity contribution in [2.75, 3.05) is 0 Å². The summed E-state index contributed by atoms with van der Waals surface area (Å²) in [5.74, 6) is 0. The highest BCUT2D eigenvalue weighted by Gasteiger charge is 2.35. The lowest BCUT2D eigenvalue weighted by molar-refractivity contribution is 0.652. The van der Waals surface area contributed by atoms with Gasteiger partial charge in [-0.25, -0.2) is 0 Å². The van der Waals surface area contributed by atoms with Crippen molar-refractivity contribution >= 4 is 39.6 Å². The van der Waals surface area contributed by atoms with Crippen LogP contribution in [-0.2, 0) is 4.12 Å². The SMILES string of the molecule is [SiH3]O[Si](Cl)(c1ccccc1)c1ccccc1. The van der Waals surface area contributed by atoms with Gasteiger partial charge in [0.2, 0.25) is 0 Å². The molecule has 2 aromatic rings. The third-order valence-electron chi connectivity index (χ3n) is 2.57. The zero-order chi connectivity index (χ0) is 11.4. The van der Waals surface area contributed by atoms with Crippen LogP contribution in [0.25, 0.3) is 0 Å². The highest BCUT2D eigenvalue weighted by atomic mass is 35.6. The van der Waals surface area contributed by atoms with Gasteiger partial charge in [0.25, 0.3) is 0 Å². The summed E-state index contributed by atoms with van der Waals surface area (Å²) in [5, 5.41) is 2.22. The van der Waals surface area contributed by atoms with E-state index in [1.165, 1.54) is 0 Å². The van der Waals surface area contributed by atoms with E-state index in [0.29, 0.717) is 10.5 Å². The smallest absolute Gasteiger partial charge is 0.344 e. The molecule has 0 saturated heterocycles. The minimum atomic E-state index is -2.44. The van der Waals surface area contributed by atoms with E-state index in [1.54, 1.807) is 0 Å². The van der Waals surface area contributed by atoms with E-state index in [4.69, 9.17) is 15.2 Å². The van der Waals surface area contributed by atoms with Crippen LogP contribution in [0.5, 0.6) is 0 Å². The first-order valence-electron chi connectivity index (χ1n) is 5.12. The second kappa shape index (κ2) is 4.97. The van der Waals surface area contributed by atoms with E-state index >= 15 is 0 Å². The molecule has 0 bridgehead atoms. The number of hydrogen-bond donors (Lipinski definition) is 0. The molecular formula is C12H13ClOSi2. The van der Waals surface area contributed by atoms with Crippen LogP contribution in [0.2, 0.25) is 0 Å². The molecule has 1 nitrogen and oxygen atoms in total. The van der Waals surface area contributed by atoms with Gasteiger partial charge in [-0.15, -0.1) is 11.1 Å². The molecule has 0 fully saturated rings. The summed E-state index contributed by atoms with van der Waals surface area (Å²) < 4.78 is 5.75. The third-order valence-corrected chi connectivity index (χ3v) is 9.67. The standard InChI is InChI=1S/C12H13ClOSi2/c13-16(14-15,11-7-3-1-4-8-11)12-9-5-2-6-10-12/h1-10H,15H3. The quantitative estimate of drug-likeness (QED) is 0.588. The predicted octanol–water partition coefficient (Wildman–Crippen LogP) is 0.779. The molecule has 0 aliphatic carbocycles. The lowest BCUT2D eigenvalue weighted by Crippen LogP contribution is -2.55. The van der Waals surface area contributed by atoms with E-state index in [0.717, 1.165) is 10.4 Å². The van der Waals surface area contributed by atoms with E-state index in [-0.39, 0.29) is 0 Å². The summed E-state index contributed by atoms with van der Waals surface area (Å²) in [6.07, 6.45) is 0. The van der Waals surface area contributed by atoms with Crippen LogP contribution in [-0.4, -0.2) is 18.1 Å². The molecule has 4 heteroatoms. The van der Waals surface area contributed by atoms with Crippen LogP contribution in [0.1, 0.15) is 0 Å². The molecule has 0 N–H and O–H groups in total. The second-order valence-electron chi connectivity index (χ2n) is 3.53. The molecular weight excluding hydrogens is 252 g/mol. The Kier molecular flexibility index (Phi) is 3.60. The van der Waals surface area contributed by atoms with Gasteiger partial charge in [-0.2, -0.15) is 0 Å². The van der Waals surface area contributed by atoms with E-state index < -0.39 is 7.63 Å². The molecule has 16 heavy (non-hydrogen) atoms. The van der Waals surface area contributed by atoms with Crippen LogP contribution < -0.4 is 10.4 Å². The van der Waals surface area contributed by atoms with Gasteiger partial charge in [0.1, 0.15) is 10.5 Å². The van der Waals surface area contributed by atoms with Crippen molar-refractivity contribution < 1.29 is 4.12 Å². The fraction of sp³-hybridized carbons (Fsp3) is 0. The minimum absolute atomic E-state index is 0.646. The second-order valence-corrected chi connectivity index (χ2v) is 9.11. The maximum Gasteiger partial charge on any atom is 0.344 e. The van der Waals surface area contributed by atoms with Crippen LogP contribution in [0.4, 0.5) is 0 Å². The first-order valence-corrected chi connectivity index (χ1v) is 8.86. The van der Waals surface area contributed by atoms with Crippen LogP contribution in [0, 0.1) is 0 Å². The van der Waals surface area contributed by atoms with Crippen LogP contribution >= 0.6 is 11.1 Å². The summed E-state index contributed by atoms with van der Waals surface area (Å²) >= 11 is 6.73. The van der Waals surface area contributed by atoms with Gasteiger partial charge in [-0.05, 0) is 10.4 Å². The minimum Gasteiger partial charge on any atom is -0.447 e. The Morgan fingerprint density at radius 2 is 1.19 bits per heavy atom. The molecule has 0 heterocycles. The number of benzene rings is 2. The van der Waals surface area contributed by atoms with Crippen molar-refractivity contribution in [2.24, 2.45) is 0 Å². The Hall–Kier alpha value is -0.876. The Labute approximate surface area is 104 Å². The molecule has 0 radical (unpaired) electrons. The maximum absolute atomic E-state index is 6.73. The average molecular weight is 265 g/mol. The van der Waals surface area contributed by atoms with Gasteiger partial charge < -0.3 is 4.12 Å². The molecule has 0 aliphatic heterocycles. The fourth-order valence-electron chi connectivity index (χ4n) is 1.71. The molecule has 0 spiro atoms. The molecule has 0 saturated carbocycles. The Bertz CT molecular complexity index is 408. The van der Waals surface area contributed by atoms with E-state index in [9.17, 15) is 0 Å². The van der Waals surface area contributed by atoms with Gasteiger partial charge in [-0.3, -0.25) is 0 Å². The van der Waals surface area contributed by atoms with Gasteiger partial charge >= 0.3 is 7.63 Å². The van der Waals surface area contributed by atoms with Crippen molar-refractivity contribution in [3.8, 4) is 0 Å². The average Bonchev–Trinajstić information content (AvgIpc) is 2.40. The zero-order valence-electron chi connectivity index (χ0n) is 9.06. The van der Waals surface area contributed by atoms with E-state index in [1.807, 2.05) is 60.7 Å². The molecule has 0 unspecified atom stereocenters. The monoisotopic (exact) mass is 264 g/mol. The summed E-state index contributed by atoms with van der Waals surface area (Å²) in [6, 6.07) is 20.2.